The van der Waals surface area contributed by atoms with Crippen LogP contribution < -0.4 is 9.80 Å². The van der Waals surface area contributed by atoms with E-state index in [9.17, 15) is 0 Å². The van der Waals surface area contributed by atoms with E-state index in [-0.39, 0.29) is 0 Å². The summed E-state index contributed by atoms with van der Waals surface area (Å²) >= 11 is 0. The molecule has 0 saturated carbocycles. The molecule has 10 aromatic carbocycles. The van der Waals surface area contributed by atoms with Crippen molar-refractivity contribution in [3.63, 3.8) is 0 Å². The van der Waals surface area contributed by atoms with Crippen molar-refractivity contribution in [3.05, 3.63) is 243 Å². The van der Waals surface area contributed by atoms with E-state index in [1.807, 2.05) is 0 Å². The summed E-state index contributed by atoms with van der Waals surface area (Å²) in [5.41, 5.74) is 13.9. The van der Waals surface area contributed by atoms with Gasteiger partial charge in [-0.3, -0.25) is 0 Å². The fourth-order valence-electron chi connectivity index (χ4n) is 8.16. The van der Waals surface area contributed by atoms with Gasteiger partial charge in [-0.2, -0.15) is 0 Å². The second kappa shape index (κ2) is 15.5. The number of fused-ring (bicyclic) bond motifs is 2. The van der Waals surface area contributed by atoms with Crippen molar-refractivity contribution in [2.45, 2.75) is 0 Å². The summed E-state index contributed by atoms with van der Waals surface area (Å²) < 4.78 is 0. The molecular formula is C56H40N2. The lowest BCUT2D eigenvalue weighted by Crippen LogP contribution is -2.10. The minimum Gasteiger partial charge on any atom is -0.310 e. The molecule has 0 fully saturated rings. The van der Waals surface area contributed by atoms with E-state index in [0.29, 0.717) is 0 Å². The van der Waals surface area contributed by atoms with Crippen LogP contribution in [-0.4, -0.2) is 0 Å². The van der Waals surface area contributed by atoms with Gasteiger partial charge in [-0.1, -0.05) is 176 Å². The normalized spacial score (nSPS) is 11.1. The zero-order valence-electron chi connectivity index (χ0n) is 32.0. The molecule has 0 radical (unpaired) electrons. The molecule has 2 heteroatoms. The maximum Gasteiger partial charge on any atom is 0.0540 e. The third kappa shape index (κ3) is 6.78. The Morgan fingerprint density at radius 2 is 0.517 bits per heavy atom. The van der Waals surface area contributed by atoms with E-state index in [2.05, 4.69) is 252 Å². The minimum atomic E-state index is 1.10. The Hall–Kier alpha value is -7.68. The molecule has 0 amide bonds. The molecule has 0 aliphatic heterocycles. The Balaban J connectivity index is 0.993. The predicted molar refractivity (Wildman–Crippen MR) is 247 cm³/mol. The molecule has 0 atom stereocenters. The Labute approximate surface area is 340 Å². The summed E-state index contributed by atoms with van der Waals surface area (Å²) in [6, 6.07) is 87.2. The molecule has 10 aromatic rings. The summed E-state index contributed by atoms with van der Waals surface area (Å²) in [7, 11) is 0. The van der Waals surface area contributed by atoms with Gasteiger partial charge in [-0.25, -0.2) is 0 Å². The highest BCUT2D eigenvalue weighted by molar-refractivity contribution is 6.00. The van der Waals surface area contributed by atoms with Crippen molar-refractivity contribution in [2.75, 3.05) is 9.80 Å². The van der Waals surface area contributed by atoms with Crippen LogP contribution in [0.2, 0.25) is 0 Å². The number of benzene rings is 10. The first-order valence-corrected chi connectivity index (χ1v) is 19.8. The van der Waals surface area contributed by atoms with Crippen molar-refractivity contribution in [1.29, 1.82) is 0 Å². The molecule has 2 nitrogen and oxygen atoms in total. The van der Waals surface area contributed by atoms with Crippen LogP contribution in [-0.2, 0) is 0 Å². The molecule has 0 spiro atoms. The molecule has 0 saturated heterocycles. The van der Waals surface area contributed by atoms with Crippen molar-refractivity contribution in [1.82, 2.24) is 0 Å². The molecular weight excluding hydrogens is 701 g/mol. The molecule has 58 heavy (non-hydrogen) atoms. The van der Waals surface area contributed by atoms with Gasteiger partial charge in [-0.15, -0.1) is 0 Å². The molecule has 10 rings (SSSR count). The van der Waals surface area contributed by atoms with E-state index in [1.165, 1.54) is 54.9 Å². The van der Waals surface area contributed by atoms with Crippen molar-refractivity contribution in [2.24, 2.45) is 0 Å². The maximum atomic E-state index is 2.38. The van der Waals surface area contributed by atoms with Crippen LogP contribution in [0.3, 0.4) is 0 Å². The molecule has 0 aliphatic rings. The molecule has 0 aromatic heterocycles. The van der Waals surface area contributed by atoms with E-state index in [0.717, 1.165) is 34.1 Å². The fourth-order valence-corrected chi connectivity index (χ4v) is 8.16. The summed E-state index contributed by atoms with van der Waals surface area (Å²) in [5.74, 6) is 0. The van der Waals surface area contributed by atoms with Crippen LogP contribution in [0.5, 0.6) is 0 Å². The van der Waals surface area contributed by atoms with Gasteiger partial charge in [0.05, 0.1) is 11.4 Å². The first-order valence-electron chi connectivity index (χ1n) is 19.8. The summed E-state index contributed by atoms with van der Waals surface area (Å²) in [5, 5.41) is 4.86. The average Bonchev–Trinajstić information content (AvgIpc) is 3.31. The van der Waals surface area contributed by atoms with Gasteiger partial charge in [0.15, 0.2) is 0 Å². The van der Waals surface area contributed by atoms with E-state index in [4.69, 9.17) is 0 Å². The lowest BCUT2D eigenvalue weighted by Gasteiger charge is -2.27. The molecule has 274 valence electrons. The van der Waals surface area contributed by atoms with Gasteiger partial charge in [0.1, 0.15) is 0 Å². The number of rotatable bonds is 9. The second-order valence-corrected chi connectivity index (χ2v) is 14.6. The first kappa shape index (κ1) is 34.8. The van der Waals surface area contributed by atoms with Crippen LogP contribution in [0.25, 0.3) is 54.9 Å². The fraction of sp³-hybridized carbons (Fsp3) is 0. The molecule has 0 heterocycles. The summed E-state index contributed by atoms with van der Waals surface area (Å²) in [6.07, 6.45) is 0. The summed E-state index contributed by atoms with van der Waals surface area (Å²) in [6.45, 7) is 0. The smallest absolute Gasteiger partial charge is 0.0540 e. The zero-order valence-corrected chi connectivity index (χ0v) is 32.0. The highest BCUT2D eigenvalue weighted by Gasteiger charge is 2.18. The minimum absolute atomic E-state index is 1.10. The number of anilines is 6. The van der Waals surface area contributed by atoms with E-state index < -0.39 is 0 Å². The van der Waals surface area contributed by atoms with E-state index >= 15 is 0 Å². The highest BCUT2D eigenvalue weighted by atomic mass is 15.1. The molecule has 0 N–H and O–H groups in total. The lowest BCUT2D eigenvalue weighted by molar-refractivity contribution is 1.29. The summed E-state index contributed by atoms with van der Waals surface area (Å²) in [4.78, 5) is 4.73. The van der Waals surface area contributed by atoms with Gasteiger partial charge in [-0.05, 0) is 111 Å². The van der Waals surface area contributed by atoms with Crippen LogP contribution >= 0.6 is 0 Å². The van der Waals surface area contributed by atoms with Crippen molar-refractivity contribution >= 4 is 55.7 Å². The van der Waals surface area contributed by atoms with Gasteiger partial charge in [0.25, 0.3) is 0 Å². The third-order valence-corrected chi connectivity index (χ3v) is 11.0. The first-order chi connectivity index (χ1) is 28.8. The number of hydrogen-bond acceptors (Lipinski definition) is 2. The highest BCUT2D eigenvalue weighted by Crippen LogP contribution is 2.42. The predicted octanol–water partition coefficient (Wildman–Crippen LogP) is 15.9. The number of nitrogens with zero attached hydrogens (tertiary/aromatic N) is 2. The zero-order chi connectivity index (χ0) is 38.7. The van der Waals surface area contributed by atoms with Gasteiger partial charge in [0, 0.05) is 33.5 Å². The Kier molecular flexibility index (Phi) is 9.27. The quantitative estimate of drug-likeness (QED) is 0.145. The third-order valence-electron chi connectivity index (χ3n) is 11.0. The standard InChI is InChI=1S/C56H40N2/c1-3-14-41(15-4-1)47-20-11-21-48(40-47)44-32-38-52(39-33-44)58(56-27-13-19-46-17-8-10-25-54(46)56)51-36-30-43(31-37-51)42-28-34-50(35-29-42)57(49-22-5-2-6-23-49)55-26-12-18-45-16-7-9-24-53(45)55/h1-40H. The van der Waals surface area contributed by atoms with Crippen LogP contribution in [0.4, 0.5) is 34.1 Å². The monoisotopic (exact) mass is 740 g/mol. The maximum absolute atomic E-state index is 2.38. The Morgan fingerprint density at radius 3 is 0.983 bits per heavy atom. The number of hydrogen-bond donors (Lipinski definition) is 0. The van der Waals surface area contributed by atoms with Crippen LogP contribution in [0.15, 0.2) is 243 Å². The SMILES string of the molecule is c1ccc(-c2cccc(-c3ccc(N(c4ccc(-c5ccc(N(c6ccccc6)c6cccc7ccccc67)cc5)cc4)c4cccc5ccccc45)cc3)c2)cc1. The van der Waals surface area contributed by atoms with Gasteiger partial charge < -0.3 is 9.80 Å². The Bertz CT molecular complexity index is 2960. The lowest BCUT2D eigenvalue weighted by atomic mass is 9.98. The topological polar surface area (TPSA) is 6.48 Å². The Morgan fingerprint density at radius 1 is 0.207 bits per heavy atom. The van der Waals surface area contributed by atoms with Crippen LogP contribution in [0, 0.1) is 0 Å². The van der Waals surface area contributed by atoms with E-state index in [1.54, 1.807) is 0 Å². The molecule has 0 bridgehead atoms. The van der Waals surface area contributed by atoms with Crippen molar-refractivity contribution < 1.29 is 0 Å². The van der Waals surface area contributed by atoms with Gasteiger partial charge in [0.2, 0.25) is 0 Å². The molecule has 0 unspecified atom stereocenters. The average molecular weight is 741 g/mol. The number of para-hydroxylation sites is 1. The van der Waals surface area contributed by atoms with Crippen molar-refractivity contribution in [3.8, 4) is 33.4 Å². The van der Waals surface area contributed by atoms with Gasteiger partial charge >= 0.3 is 0 Å². The molecule has 0 aliphatic carbocycles. The van der Waals surface area contributed by atoms with Crippen LogP contribution in [0.1, 0.15) is 0 Å². The second-order valence-electron chi connectivity index (χ2n) is 14.6. The largest absolute Gasteiger partial charge is 0.310 e.